The van der Waals surface area contributed by atoms with E-state index in [0.717, 1.165) is 24.3 Å². The first-order chi connectivity index (χ1) is 13.2. The lowest BCUT2D eigenvalue weighted by Gasteiger charge is -2.32. The van der Waals surface area contributed by atoms with E-state index in [4.69, 9.17) is 0 Å². The molecule has 0 spiro atoms. The van der Waals surface area contributed by atoms with Crippen molar-refractivity contribution in [2.24, 2.45) is 0 Å². The molecule has 0 radical (unpaired) electrons. The fourth-order valence-corrected chi connectivity index (χ4v) is 3.08. The molecule has 4 nitrogen and oxygen atoms in total. The number of hydrogen-bond donors (Lipinski definition) is 1. The zero-order valence-corrected chi connectivity index (χ0v) is 14.8. The third kappa shape index (κ3) is 4.68. The Morgan fingerprint density at radius 3 is 1.96 bits per heavy atom. The lowest BCUT2D eigenvalue weighted by atomic mass is 10.0. The van der Waals surface area contributed by atoms with Crippen LogP contribution in [-0.4, -0.2) is 35.8 Å². The van der Waals surface area contributed by atoms with E-state index < -0.39 is 23.5 Å². The highest BCUT2D eigenvalue weighted by Gasteiger charge is 2.30. The molecule has 148 valence electrons. The zero-order chi connectivity index (χ0) is 20.3. The van der Waals surface area contributed by atoms with Gasteiger partial charge >= 0.3 is 6.18 Å². The van der Waals surface area contributed by atoms with Gasteiger partial charge in [-0.1, -0.05) is 0 Å². The SMILES string of the molecule is O=C(NC1CCN(C(=O)c2ccc(F)cc2)CC1)c1ccc(C(F)(F)F)cc1. The number of halogens is 4. The van der Waals surface area contributed by atoms with Crippen LogP contribution in [0.2, 0.25) is 0 Å². The first-order valence-corrected chi connectivity index (χ1v) is 8.77. The molecule has 1 aliphatic heterocycles. The summed E-state index contributed by atoms with van der Waals surface area (Å²) in [7, 11) is 0. The Hall–Kier alpha value is -2.90. The topological polar surface area (TPSA) is 49.4 Å². The number of alkyl halides is 3. The zero-order valence-electron chi connectivity index (χ0n) is 14.8. The fraction of sp³-hybridized carbons (Fsp3) is 0.300. The second-order valence-corrected chi connectivity index (χ2v) is 6.62. The molecular weight excluding hydrogens is 376 g/mol. The van der Waals surface area contributed by atoms with Crippen LogP contribution in [0.25, 0.3) is 0 Å². The van der Waals surface area contributed by atoms with E-state index in [1.54, 1.807) is 4.90 Å². The van der Waals surface area contributed by atoms with Gasteiger partial charge in [-0.2, -0.15) is 13.2 Å². The summed E-state index contributed by atoms with van der Waals surface area (Å²) in [6, 6.07) is 9.17. The summed E-state index contributed by atoms with van der Waals surface area (Å²) in [5, 5.41) is 2.79. The summed E-state index contributed by atoms with van der Waals surface area (Å²) in [6.45, 7) is 0.850. The minimum atomic E-state index is -4.45. The molecule has 1 heterocycles. The Kier molecular flexibility index (Phi) is 5.67. The van der Waals surface area contributed by atoms with Gasteiger partial charge in [0.1, 0.15) is 5.82 Å². The highest BCUT2D eigenvalue weighted by atomic mass is 19.4. The van der Waals surface area contributed by atoms with E-state index in [1.165, 1.54) is 24.3 Å². The van der Waals surface area contributed by atoms with Gasteiger partial charge in [0.25, 0.3) is 11.8 Å². The number of hydrogen-bond acceptors (Lipinski definition) is 2. The van der Waals surface area contributed by atoms with Gasteiger partial charge in [0, 0.05) is 30.3 Å². The van der Waals surface area contributed by atoms with E-state index in [-0.39, 0.29) is 17.5 Å². The summed E-state index contributed by atoms with van der Waals surface area (Å²) in [5.74, 6) is -1.06. The summed E-state index contributed by atoms with van der Waals surface area (Å²) < 4.78 is 50.7. The van der Waals surface area contributed by atoms with Crippen molar-refractivity contribution in [2.75, 3.05) is 13.1 Å². The summed E-state index contributed by atoms with van der Waals surface area (Å²) in [5.41, 5.74) is -0.261. The quantitative estimate of drug-likeness (QED) is 0.804. The Labute approximate surface area is 159 Å². The van der Waals surface area contributed by atoms with Crippen molar-refractivity contribution in [1.82, 2.24) is 10.2 Å². The maximum Gasteiger partial charge on any atom is 0.416 e. The van der Waals surface area contributed by atoms with Crippen LogP contribution in [0.5, 0.6) is 0 Å². The molecule has 1 N–H and O–H groups in total. The molecular formula is C20H18F4N2O2. The molecule has 0 atom stereocenters. The standard InChI is InChI=1S/C20H18F4N2O2/c21-16-7-3-14(4-8-16)19(28)26-11-9-17(10-12-26)25-18(27)13-1-5-15(6-2-13)20(22,23)24/h1-8,17H,9-12H2,(H,25,27). The van der Waals surface area contributed by atoms with Crippen LogP contribution in [-0.2, 0) is 6.18 Å². The molecule has 2 aromatic carbocycles. The third-order valence-corrected chi connectivity index (χ3v) is 4.68. The maximum atomic E-state index is 13.0. The van der Waals surface area contributed by atoms with Crippen molar-refractivity contribution in [1.29, 1.82) is 0 Å². The summed E-state index contributed by atoms with van der Waals surface area (Å²) in [6.07, 6.45) is -3.39. The van der Waals surface area contributed by atoms with Crippen molar-refractivity contribution in [3.63, 3.8) is 0 Å². The summed E-state index contributed by atoms with van der Waals surface area (Å²) in [4.78, 5) is 26.3. The molecule has 0 bridgehead atoms. The van der Waals surface area contributed by atoms with E-state index in [2.05, 4.69) is 5.32 Å². The van der Waals surface area contributed by atoms with Crippen LogP contribution in [0.15, 0.2) is 48.5 Å². The fourth-order valence-electron chi connectivity index (χ4n) is 3.08. The Bertz CT molecular complexity index is 840. The number of carbonyl (C=O) groups excluding carboxylic acids is 2. The molecule has 0 unspecified atom stereocenters. The van der Waals surface area contributed by atoms with Crippen LogP contribution < -0.4 is 5.32 Å². The Balaban J connectivity index is 1.53. The predicted molar refractivity (Wildman–Crippen MR) is 94.2 cm³/mol. The number of benzene rings is 2. The molecule has 2 amide bonds. The number of amides is 2. The second-order valence-electron chi connectivity index (χ2n) is 6.62. The lowest BCUT2D eigenvalue weighted by molar-refractivity contribution is -0.137. The number of nitrogens with one attached hydrogen (secondary N) is 1. The minimum absolute atomic E-state index is 0.151. The molecule has 8 heteroatoms. The van der Waals surface area contributed by atoms with Gasteiger partial charge in [0.2, 0.25) is 0 Å². The number of piperidine rings is 1. The third-order valence-electron chi connectivity index (χ3n) is 4.68. The van der Waals surface area contributed by atoms with Crippen LogP contribution in [0.4, 0.5) is 17.6 Å². The molecule has 0 saturated carbocycles. The van der Waals surface area contributed by atoms with Crippen molar-refractivity contribution in [2.45, 2.75) is 25.1 Å². The minimum Gasteiger partial charge on any atom is -0.349 e. The Morgan fingerprint density at radius 2 is 1.43 bits per heavy atom. The van der Waals surface area contributed by atoms with E-state index in [9.17, 15) is 27.2 Å². The maximum absolute atomic E-state index is 13.0. The molecule has 3 rings (SSSR count). The molecule has 2 aromatic rings. The van der Waals surface area contributed by atoms with Crippen LogP contribution in [0.3, 0.4) is 0 Å². The lowest BCUT2D eigenvalue weighted by Crippen LogP contribution is -2.46. The van der Waals surface area contributed by atoms with E-state index in [1.807, 2.05) is 0 Å². The molecule has 0 aromatic heterocycles. The van der Waals surface area contributed by atoms with Crippen molar-refractivity contribution >= 4 is 11.8 Å². The highest BCUT2D eigenvalue weighted by Crippen LogP contribution is 2.29. The summed E-state index contributed by atoms with van der Waals surface area (Å²) >= 11 is 0. The van der Waals surface area contributed by atoms with Crippen LogP contribution in [0, 0.1) is 5.82 Å². The van der Waals surface area contributed by atoms with Gasteiger partial charge in [-0.25, -0.2) is 4.39 Å². The van der Waals surface area contributed by atoms with Gasteiger partial charge in [-0.15, -0.1) is 0 Å². The molecule has 1 saturated heterocycles. The molecule has 1 fully saturated rings. The van der Waals surface area contributed by atoms with Crippen molar-refractivity contribution in [3.05, 3.63) is 71.0 Å². The highest BCUT2D eigenvalue weighted by molar-refractivity contribution is 5.95. The van der Waals surface area contributed by atoms with Gasteiger partial charge in [0.15, 0.2) is 0 Å². The van der Waals surface area contributed by atoms with Crippen LogP contribution in [0.1, 0.15) is 39.1 Å². The first kappa shape index (κ1) is 19.9. The largest absolute Gasteiger partial charge is 0.416 e. The molecule has 1 aliphatic rings. The van der Waals surface area contributed by atoms with Crippen molar-refractivity contribution in [3.8, 4) is 0 Å². The Morgan fingerprint density at radius 1 is 0.893 bits per heavy atom. The van der Waals surface area contributed by atoms with E-state index >= 15 is 0 Å². The predicted octanol–water partition coefficient (Wildman–Crippen LogP) is 3.88. The number of likely N-dealkylation sites (tertiary alicyclic amines) is 1. The van der Waals surface area contributed by atoms with Gasteiger partial charge in [-0.05, 0) is 61.4 Å². The smallest absolute Gasteiger partial charge is 0.349 e. The molecule has 28 heavy (non-hydrogen) atoms. The number of rotatable bonds is 3. The average molecular weight is 394 g/mol. The normalized spacial score (nSPS) is 15.4. The average Bonchev–Trinajstić information content (AvgIpc) is 2.68. The van der Waals surface area contributed by atoms with Crippen LogP contribution >= 0.6 is 0 Å². The monoisotopic (exact) mass is 394 g/mol. The molecule has 0 aliphatic carbocycles. The number of nitrogens with zero attached hydrogens (tertiary/aromatic N) is 1. The van der Waals surface area contributed by atoms with Gasteiger partial charge < -0.3 is 10.2 Å². The van der Waals surface area contributed by atoms with Crippen molar-refractivity contribution < 1.29 is 27.2 Å². The van der Waals surface area contributed by atoms with Gasteiger partial charge in [-0.3, -0.25) is 9.59 Å². The second kappa shape index (κ2) is 8.00. The van der Waals surface area contributed by atoms with Gasteiger partial charge in [0.05, 0.1) is 5.56 Å². The number of carbonyl (C=O) groups is 2. The van der Waals surface area contributed by atoms with E-state index in [0.29, 0.717) is 31.5 Å². The first-order valence-electron chi connectivity index (χ1n) is 8.77.